The molecule has 2 N–H and O–H groups in total. The van der Waals surface area contributed by atoms with E-state index in [0.29, 0.717) is 6.42 Å². The zero-order valence-electron chi connectivity index (χ0n) is 4.71. The third-order valence-corrected chi connectivity index (χ3v) is 3.05. The quantitative estimate of drug-likeness (QED) is 0.615. The molecule has 0 heterocycles. The van der Waals surface area contributed by atoms with E-state index in [1.807, 2.05) is 6.92 Å². The SMILES string of the molecule is CCC(Br)(Br)OP(O)O. The molecule has 0 saturated carbocycles. The standard InChI is InChI=1S/C3H7Br2O3P/c1-2-3(4,5)8-9(6)7/h6-7H,2H2,1H3. The van der Waals surface area contributed by atoms with Crippen molar-refractivity contribution >= 4 is 40.5 Å². The summed E-state index contributed by atoms with van der Waals surface area (Å²) in [7, 11) is -2.29. The first-order chi connectivity index (χ1) is 3.98. The Labute approximate surface area is 71.7 Å². The van der Waals surface area contributed by atoms with Gasteiger partial charge in [0.1, 0.15) is 0 Å². The number of alkyl halides is 2. The van der Waals surface area contributed by atoms with Gasteiger partial charge in [-0.2, -0.15) is 0 Å². The van der Waals surface area contributed by atoms with E-state index in [0.717, 1.165) is 0 Å². The van der Waals surface area contributed by atoms with E-state index in [1.165, 1.54) is 0 Å². The van der Waals surface area contributed by atoms with Crippen molar-refractivity contribution in [1.82, 2.24) is 0 Å². The van der Waals surface area contributed by atoms with E-state index in [9.17, 15) is 0 Å². The predicted octanol–water partition coefficient (Wildman–Crippen LogP) is 2.07. The molecule has 0 aromatic rings. The van der Waals surface area contributed by atoms with Gasteiger partial charge in [0.25, 0.3) is 0 Å². The summed E-state index contributed by atoms with van der Waals surface area (Å²) in [6, 6.07) is 0. The molecule has 0 aliphatic carbocycles. The maximum absolute atomic E-state index is 8.36. The van der Waals surface area contributed by atoms with Gasteiger partial charge in [-0.05, 0) is 38.3 Å². The van der Waals surface area contributed by atoms with Gasteiger partial charge in [-0.15, -0.1) is 0 Å². The molecule has 0 bridgehead atoms. The molecule has 0 spiro atoms. The molecule has 0 aliphatic rings. The zero-order valence-corrected chi connectivity index (χ0v) is 8.78. The summed E-state index contributed by atoms with van der Waals surface area (Å²) in [5.74, 6) is 0. The summed E-state index contributed by atoms with van der Waals surface area (Å²) < 4.78 is 3.81. The third kappa shape index (κ3) is 5.70. The maximum Gasteiger partial charge on any atom is 0.329 e. The molecule has 0 saturated heterocycles. The van der Waals surface area contributed by atoms with Crippen molar-refractivity contribution in [3.8, 4) is 0 Å². The minimum absolute atomic E-state index is 0.604. The van der Waals surface area contributed by atoms with Gasteiger partial charge in [-0.1, -0.05) is 6.92 Å². The van der Waals surface area contributed by atoms with E-state index in [2.05, 4.69) is 36.4 Å². The molecule has 56 valence electrons. The number of halogens is 2. The Hall–Kier alpha value is 1.27. The zero-order chi connectivity index (χ0) is 7.49. The molecule has 0 aliphatic heterocycles. The lowest BCUT2D eigenvalue weighted by Crippen LogP contribution is -2.10. The first-order valence-electron chi connectivity index (χ1n) is 2.23. The topological polar surface area (TPSA) is 49.7 Å². The largest absolute Gasteiger partial charge is 0.329 e. The monoisotopic (exact) mass is 280 g/mol. The molecule has 0 radical (unpaired) electrons. The average Bonchev–Trinajstić information content (AvgIpc) is 1.63. The van der Waals surface area contributed by atoms with Crippen LogP contribution in [-0.4, -0.2) is 13.2 Å². The van der Waals surface area contributed by atoms with Gasteiger partial charge in [-0.25, -0.2) is 0 Å². The van der Waals surface area contributed by atoms with Gasteiger partial charge in [-0.3, -0.25) is 4.52 Å². The van der Waals surface area contributed by atoms with Crippen molar-refractivity contribution in [2.45, 2.75) is 16.8 Å². The second kappa shape index (κ2) is 4.21. The second-order valence-corrected chi connectivity index (χ2v) is 5.65. The van der Waals surface area contributed by atoms with Crippen molar-refractivity contribution in [2.24, 2.45) is 0 Å². The Balaban J connectivity index is 3.58. The first kappa shape index (κ1) is 10.3. The minimum Gasteiger partial charge on any atom is -0.328 e. The highest BCUT2D eigenvalue weighted by Crippen LogP contribution is 2.42. The van der Waals surface area contributed by atoms with Crippen LogP contribution >= 0.6 is 40.5 Å². The Morgan fingerprint density at radius 1 is 1.56 bits per heavy atom. The van der Waals surface area contributed by atoms with Gasteiger partial charge in [0.05, 0.1) is 0 Å². The molecule has 6 heteroatoms. The number of hydrogen-bond donors (Lipinski definition) is 2. The van der Waals surface area contributed by atoms with Crippen LogP contribution in [0.5, 0.6) is 0 Å². The van der Waals surface area contributed by atoms with Crippen LogP contribution in [0.1, 0.15) is 13.3 Å². The van der Waals surface area contributed by atoms with Gasteiger partial charge < -0.3 is 9.79 Å². The lowest BCUT2D eigenvalue weighted by molar-refractivity contribution is 0.219. The minimum atomic E-state index is -2.29. The van der Waals surface area contributed by atoms with Gasteiger partial charge in [0, 0.05) is 0 Å². The third-order valence-electron chi connectivity index (χ3n) is 0.627. The summed E-state index contributed by atoms with van der Waals surface area (Å²) in [6.45, 7) is 1.84. The van der Waals surface area contributed by atoms with Gasteiger partial charge in [0.2, 0.25) is 0 Å². The first-order valence-corrected chi connectivity index (χ1v) is 4.98. The van der Waals surface area contributed by atoms with Crippen molar-refractivity contribution < 1.29 is 14.3 Å². The Morgan fingerprint density at radius 3 is 2.11 bits per heavy atom. The molecule has 0 amide bonds. The molecule has 0 aromatic carbocycles. The fourth-order valence-electron chi connectivity index (χ4n) is 0.184. The summed E-state index contributed by atoms with van der Waals surface area (Å²) in [4.78, 5) is 16.7. The summed E-state index contributed by atoms with van der Waals surface area (Å²) in [6.07, 6.45) is 0.604. The molecule has 0 fully saturated rings. The van der Waals surface area contributed by atoms with Crippen LogP contribution in [0.2, 0.25) is 0 Å². The van der Waals surface area contributed by atoms with Crippen molar-refractivity contribution in [3.63, 3.8) is 0 Å². The van der Waals surface area contributed by atoms with E-state index >= 15 is 0 Å². The maximum atomic E-state index is 8.36. The molecular weight excluding hydrogens is 275 g/mol. The Kier molecular flexibility index (Phi) is 4.81. The highest BCUT2D eigenvalue weighted by Gasteiger charge is 2.24. The number of rotatable bonds is 3. The van der Waals surface area contributed by atoms with Crippen LogP contribution in [0.15, 0.2) is 0 Å². The molecular formula is C3H7Br2O3P. The molecule has 3 nitrogen and oxygen atoms in total. The number of hydrogen-bond acceptors (Lipinski definition) is 3. The lowest BCUT2D eigenvalue weighted by Gasteiger charge is -2.18. The normalized spacial score (nSPS) is 12.7. The molecule has 0 atom stereocenters. The summed E-state index contributed by atoms with van der Waals surface area (Å²) in [5, 5.41) is 0. The van der Waals surface area contributed by atoms with Crippen molar-refractivity contribution in [3.05, 3.63) is 0 Å². The van der Waals surface area contributed by atoms with E-state index in [4.69, 9.17) is 9.79 Å². The predicted molar refractivity (Wildman–Crippen MR) is 43.3 cm³/mol. The van der Waals surface area contributed by atoms with E-state index < -0.39 is 12.0 Å². The molecule has 9 heavy (non-hydrogen) atoms. The average molecular weight is 282 g/mol. The van der Waals surface area contributed by atoms with Crippen LogP contribution in [0.3, 0.4) is 0 Å². The van der Waals surface area contributed by atoms with Crippen molar-refractivity contribution in [2.75, 3.05) is 0 Å². The Morgan fingerprint density at radius 2 is 2.00 bits per heavy atom. The summed E-state index contributed by atoms with van der Waals surface area (Å²) in [5.41, 5.74) is 0. The molecule has 0 rings (SSSR count). The van der Waals surface area contributed by atoms with Crippen LogP contribution < -0.4 is 0 Å². The Bertz CT molecular complexity index is 87.1. The van der Waals surface area contributed by atoms with Crippen LogP contribution in [0, 0.1) is 0 Å². The van der Waals surface area contributed by atoms with Crippen LogP contribution in [-0.2, 0) is 4.52 Å². The van der Waals surface area contributed by atoms with Crippen LogP contribution in [0.4, 0.5) is 0 Å². The lowest BCUT2D eigenvalue weighted by atomic mass is 10.5. The molecule has 0 aromatic heterocycles. The van der Waals surface area contributed by atoms with Crippen LogP contribution in [0.25, 0.3) is 0 Å². The highest BCUT2D eigenvalue weighted by atomic mass is 79.9. The van der Waals surface area contributed by atoms with Gasteiger partial charge >= 0.3 is 8.60 Å². The molecule has 0 unspecified atom stereocenters. The fraction of sp³-hybridized carbons (Fsp3) is 1.00. The van der Waals surface area contributed by atoms with Crippen molar-refractivity contribution in [1.29, 1.82) is 0 Å². The highest BCUT2D eigenvalue weighted by molar-refractivity contribution is 9.25. The van der Waals surface area contributed by atoms with Gasteiger partial charge in [0.15, 0.2) is 3.42 Å². The van der Waals surface area contributed by atoms with E-state index in [-0.39, 0.29) is 0 Å². The van der Waals surface area contributed by atoms with E-state index in [1.54, 1.807) is 0 Å². The smallest absolute Gasteiger partial charge is 0.328 e. The summed E-state index contributed by atoms with van der Waals surface area (Å²) >= 11 is 6.14. The fourth-order valence-corrected chi connectivity index (χ4v) is 1.33. The second-order valence-electron chi connectivity index (χ2n) is 1.33.